The Bertz CT molecular complexity index is 562. The first kappa shape index (κ1) is 11.9. The van der Waals surface area contributed by atoms with E-state index in [0.717, 1.165) is 12.3 Å². The van der Waals surface area contributed by atoms with Crippen LogP contribution < -0.4 is 10.5 Å². The summed E-state index contributed by atoms with van der Waals surface area (Å²) in [5, 5.41) is 0. The minimum absolute atomic E-state index is 0.0328. The lowest BCUT2D eigenvalue weighted by Crippen LogP contribution is -2.14. The predicted octanol–water partition coefficient (Wildman–Crippen LogP) is 0.689. The Morgan fingerprint density at radius 3 is 2.83 bits per heavy atom. The van der Waals surface area contributed by atoms with Crippen molar-refractivity contribution in [2.24, 2.45) is 5.73 Å². The number of nitrogens with two attached hydrogens (primary N) is 1. The highest BCUT2D eigenvalue weighted by Gasteiger charge is 2.12. The first-order valence-corrected chi connectivity index (χ1v) is 5.00. The van der Waals surface area contributed by atoms with Crippen LogP contribution in [-0.2, 0) is 6.61 Å². The highest BCUT2D eigenvalue weighted by atomic mass is 19.1. The zero-order valence-electron chi connectivity index (χ0n) is 9.21. The van der Waals surface area contributed by atoms with E-state index in [1.54, 1.807) is 0 Å². The van der Waals surface area contributed by atoms with Gasteiger partial charge in [-0.3, -0.25) is 14.8 Å². The van der Waals surface area contributed by atoms with E-state index >= 15 is 0 Å². The van der Waals surface area contributed by atoms with Crippen molar-refractivity contribution in [1.29, 1.82) is 0 Å². The third kappa shape index (κ3) is 2.76. The number of carbonyl (C=O) groups excluding carboxylic acids is 1. The molecule has 0 fully saturated rings. The fraction of sp³-hybridized carbons (Fsp3) is 0.0909. The normalized spacial score (nSPS) is 10.1. The third-order valence-electron chi connectivity index (χ3n) is 2.06. The summed E-state index contributed by atoms with van der Waals surface area (Å²) < 4.78 is 18.2. The molecule has 2 aromatic rings. The van der Waals surface area contributed by atoms with Crippen molar-refractivity contribution in [1.82, 2.24) is 15.0 Å². The molecule has 0 spiro atoms. The second-order valence-electron chi connectivity index (χ2n) is 3.36. The van der Waals surface area contributed by atoms with Crippen molar-refractivity contribution in [3.8, 4) is 5.88 Å². The number of aromatic nitrogens is 3. The third-order valence-corrected chi connectivity index (χ3v) is 2.06. The number of rotatable bonds is 4. The van der Waals surface area contributed by atoms with Crippen LogP contribution in [0.25, 0.3) is 0 Å². The molecule has 6 nitrogen and oxygen atoms in total. The minimum Gasteiger partial charge on any atom is -0.471 e. The second kappa shape index (κ2) is 5.17. The molecule has 0 aliphatic rings. The number of hydrogen-bond acceptors (Lipinski definition) is 5. The van der Waals surface area contributed by atoms with Gasteiger partial charge >= 0.3 is 0 Å². The monoisotopic (exact) mass is 248 g/mol. The molecular formula is C11H9FN4O2. The first-order chi connectivity index (χ1) is 8.66. The SMILES string of the molecule is NC(=O)c1cc(F)cnc1OCc1cnccn1. The Morgan fingerprint density at radius 1 is 1.33 bits per heavy atom. The van der Waals surface area contributed by atoms with Crippen molar-refractivity contribution in [2.45, 2.75) is 6.61 Å². The van der Waals surface area contributed by atoms with E-state index in [9.17, 15) is 9.18 Å². The molecular weight excluding hydrogens is 239 g/mol. The summed E-state index contributed by atoms with van der Waals surface area (Å²) in [6.07, 6.45) is 5.48. The van der Waals surface area contributed by atoms with Gasteiger partial charge in [0.25, 0.3) is 5.91 Å². The van der Waals surface area contributed by atoms with Crippen LogP contribution >= 0.6 is 0 Å². The van der Waals surface area contributed by atoms with Gasteiger partial charge in [0.2, 0.25) is 5.88 Å². The molecule has 0 atom stereocenters. The van der Waals surface area contributed by atoms with Crippen LogP contribution in [0.3, 0.4) is 0 Å². The van der Waals surface area contributed by atoms with Gasteiger partial charge in [-0.05, 0) is 6.07 Å². The van der Waals surface area contributed by atoms with E-state index in [1.165, 1.54) is 18.6 Å². The van der Waals surface area contributed by atoms with E-state index in [-0.39, 0.29) is 18.1 Å². The lowest BCUT2D eigenvalue weighted by atomic mass is 10.2. The lowest BCUT2D eigenvalue weighted by molar-refractivity contribution is 0.0994. The van der Waals surface area contributed by atoms with Crippen molar-refractivity contribution in [2.75, 3.05) is 0 Å². The summed E-state index contributed by atoms with van der Waals surface area (Å²) in [7, 11) is 0. The highest BCUT2D eigenvalue weighted by molar-refractivity contribution is 5.94. The van der Waals surface area contributed by atoms with Gasteiger partial charge in [0, 0.05) is 12.4 Å². The molecule has 2 rings (SSSR count). The number of halogens is 1. The van der Waals surface area contributed by atoms with E-state index in [1.807, 2.05) is 0 Å². The maximum Gasteiger partial charge on any atom is 0.254 e. The predicted molar refractivity (Wildman–Crippen MR) is 59.1 cm³/mol. The molecule has 7 heteroatoms. The van der Waals surface area contributed by atoms with Crippen LogP contribution in [0, 0.1) is 5.82 Å². The number of ether oxygens (including phenoxy) is 1. The van der Waals surface area contributed by atoms with Gasteiger partial charge in [0.05, 0.1) is 18.1 Å². The summed E-state index contributed by atoms with van der Waals surface area (Å²) in [5.74, 6) is -1.50. The van der Waals surface area contributed by atoms with E-state index < -0.39 is 11.7 Å². The fourth-order valence-corrected chi connectivity index (χ4v) is 1.27. The molecule has 2 heterocycles. The van der Waals surface area contributed by atoms with Crippen molar-refractivity contribution >= 4 is 5.91 Å². The Labute approximate surface area is 102 Å². The van der Waals surface area contributed by atoms with Crippen molar-refractivity contribution in [3.63, 3.8) is 0 Å². The average Bonchev–Trinajstić information content (AvgIpc) is 2.38. The molecule has 0 aliphatic heterocycles. The Balaban J connectivity index is 2.17. The number of amides is 1. The molecule has 0 bridgehead atoms. The average molecular weight is 248 g/mol. The van der Waals surface area contributed by atoms with Crippen LogP contribution in [0.2, 0.25) is 0 Å². The molecule has 0 saturated carbocycles. The Kier molecular flexibility index (Phi) is 3.42. The molecule has 0 aromatic carbocycles. The number of hydrogen-bond donors (Lipinski definition) is 1. The summed E-state index contributed by atoms with van der Waals surface area (Å²) in [5.41, 5.74) is 5.54. The largest absolute Gasteiger partial charge is 0.471 e. The van der Waals surface area contributed by atoms with Crippen LogP contribution in [0.4, 0.5) is 4.39 Å². The van der Waals surface area contributed by atoms with E-state index in [2.05, 4.69) is 15.0 Å². The summed E-state index contributed by atoms with van der Waals surface area (Å²) in [6, 6.07) is 0.974. The van der Waals surface area contributed by atoms with Crippen LogP contribution in [0.5, 0.6) is 5.88 Å². The van der Waals surface area contributed by atoms with Crippen LogP contribution in [-0.4, -0.2) is 20.9 Å². The summed E-state index contributed by atoms with van der Waals surface area (Å²) in [6.45, 7) is 0.0623. The first-order valence-electron chi connectivity index (χ1n) is 5.00. The molecule has 1 amide bonds. The molecule has 0 radical (unpaired) electrons. The summed E-state index contributed by atoms with van der Waals surface area (Å²) in [4.78, 5) is 22.6. The molecule has 18 heavy (non-hydrogen) atoms. The Morgan fingerprint density at radius 2 is 2.17 bits per heavy atom. The fourth-order valence-electron chi connectivity index (χ4n) is 1.27. The summed E-state index contributed by atoms with van der Waals surface area (Å²) >= 11 is 0. The van der Waals surface area contributed by atoms with Gasteiger partial charge in [0.15, 0.2) is 0 Å². The van der Waals surface area contributed by atoms with Gasteiger partial charge < -0.3 is 10.5 Å². The highest BCUT2D eigenvalue weighted by Crippen LogP contribution is 2.16. The number of nitrogens with zero attached hydrogens (tertiary/aromatic N) is 3. The van der Waals surface area contributed by atoms with E-state index in [4.69, 9.17) is 10.5 Å². The van der Waals surface area contributed by atoms with Crippen molar-refractivity contribution < 1.29 is 13.9 Å². The molecule has 0 saturated heterocycles. The zero-order chi connectivity index (χ0) is 13.0. The van der Waals surface area contributed by atoms with Crippen LogP contribution in [0.15, 0.2) is 30.9 Å². The number of carbonyl (C=O) groups is 1. The van der Waals surface area contributed by atoms with Gasteiger partial charge in [-0.15, -0.1) is 0 Å². The van der Waals surface area contributed by atoms with E-state index in [0.29, 0.717) is 5.69 Å². The zero-order valence-corrected chi connectivity index (χ0v) is 9.21. The number of pyridine rings is 1. The van der Waals surface area contributed by atoms with Gasteiger partial charge in [0.1, 0.15) is 18.0 Å². The van der Waals surface area contributed by atoms with Crippen molar-refractivity contribution in [3.05, 3.63) is 47.9 Å². The van der Waals surface area contributed by atoms with Gasteiger partial charge in [-0.2, -0.15) is 0 Å². The molecule has 92 valence electrons. The lowest BCUT2D eigenvalue weighted by Gasteiger charge is -2.07. The maximum absolute atomic E-state index is 12.9. The van der Waals surface area contributed by atoms with Gasteiger partial charge in [-0.1, -0.05) is 0 Å². The quantitative estimate of drug-likeness (QED) is 0.859. The molecule has 2 aromatic heterocycles. The molecule has 2 N–H and O–H groups in total. The Hall–Kier alpha value is -2.57. The molecule has 0 aliphatic carbocycles. The molecule has 0 unspecified atom stereocenters. The van der Waals surface area contributed by atoms with Crippen LogP contribution in [0.1, 0.15) is 16.1 Å². The maximum atomic E-state index is 12.9. The standard InChI is InChI=1S/C11H9FN4O2/c12-7-3-9(10(13)17)11(16-4-7)18-6-8-5-14-1-2-15-8/h1-5H,6H2,(H2,13,17). The smallest absolute Gasteiger partial charge is 0.254 e. The van der Waals surface area contributed by atoms with Gasteiger partial charge in [-0.25, -0.2) is 9.37 Å². The number of primary amides is 1. The second-order valence-corrected chi connectivity index (χ2v) is 3.36. The minimum atomic E-state index is -0.809. The topological polar surface area (TPSA) is 91.0 Å².